The molecule has 0 saturated carbocycles. The lowest BCUT2D eigenvalue weighted by Crippen LogP contribution is -2.04. The van der Waals surface area contributed by atoms with E-state index in [9.17, 15) is 0 Å². The Bertz CT molecular complexity index is 1200. The molecule has 4 aromatic rings. The van der Waals surface area contributed by atoms with Crippen LogP contribution < -0.4 is 15.2 Å². The van der Waals surface area contributed by atoms with Crippen LogP contribution >= 0.6 is 27.7 Å². The van der Waals surface area contributed by atoms with Gasteiger partial charge in [0.1, 0.15) is 17.8 Å². The van der Waals surface area contributed by atoms with Gasteiger partial charge in [0.05, 0.1) is 19.1 Å². The number of hydrogen-bond donors (Lipinski definition) is 1. The Labute approximate surface area is 186 Å². The number of rotatable bonds is 7. The van der Waals surface area contributed by atoms with Crippen LogP contribution in [0.2, 0.25) is 0 Å². The van der Waals surface area contributed by atoms with Crippen molar-refractivity contribution in [1.29, 1.82) is 0 Å². The molecule has 9 heteroatoms. The minimum Gasteiger partial charge on any atom is -0.497 e. The van der Waals surface area contributed by atoms with Gasteiger partial charge in [-0.15, -0.1) is 0 Å². The van der Waals surface area contributed by atoms with Crippen molar-refractivity contribution in [3.8, 4) is 11.5 Å². The number of fused-ring (bicyclic) bond motifs is 1. The quantitative estimate of drug-likeness (QED) is 0.409. The largest absolute Gasteiger partial charge is 0.497 e. The zero-order valence-corrected chi connectivity index (χ0v) is 18.9. The third kappa shape index (κ3) is 4.22. The second-order valence-electron chi connectivity index (χ2n) is 6.48. The third-order valence-corrected chi connectivity index (χ3v) is 6.14. The Kier molecular flexibility index (Phi) is 6.10. The van der Waals surface area contributed by atoms with Crippen LogP contribution in [0, 0.1) is 0 Å². The van der Waals surface area contributed by atoms with E-state index in [2.05, 4.69) is 42.6 Å². The average Bonchev–Trinajstić information content (AvgIpc) is 3.10. The molecule has 2 aromatic carbocycles. The first-order chi connectivity index (χ1) is 14.6. The number of ether oxygens (including phenoxy) is 2. The molecule has 4 rings (SSSR count). The van der Waals surface area contributed by atoms with Gasteiger partial charge < -0.3 is 19.8 Å². The maximum absolute atomic E-state index is 6.07. The van der Waals surface area contributed by atoms with E-state index in [0.29, 0.717) is 23.5 Å². The van der Waals surface area contributed by atoms with E-state index in [1.165, 1.54) is 23.7 Å². The maximum Gasteiger partial charge on any atom is 0.175 e. The maximum atomic E-state index is 6.07. The fourth-order valence-electron chi connectivity index (χ4n) is 3.11. The van der Waals surface area contributed by atoms with Gasteiger partial charge in [0.15, 0.2) is 22.1 Å². The molecule has 0 atom stereocenters. The molecule has 0 aliphatic heterocycles. The summed E-state index contributed by atoms with van der Waals surface area (Å²) in [5.41, 5.74) is 8.59. The van der Waals surface area contributed by atoms with Crippen LogP contribution in [0.15, 0.2) is 63.3 Å². The van der Waals surface area contributed by atoms with Gasteiger partial charge in [-0.2, -0.15) is 0 Å². The van der Waals surface area contributed by atoms with Gasteiger partial charge in [-0.3, -0.25) is 0 Å². The van der Waals surface area contributed by atoms with Crippen LogP contribution in [0.25, 0.3) is 11.2 Å². The number of anilines is 1. The molecule has 0 aliphatic carbocycles. The molecule has 2 N–H and O–H groups in total. The first-order valence-electron chi connectivity index (χ1n) is 9.20. The number of benzene rings is 2. The Morgan fingerprint density at radius 2 is 1.97 bits per heavy atom. The number of imidazole rings is 1. The van der Waals surface area contributed by atoms with Crippen molar-refractivity contribution in [2.45, 2.75) is 23.0 Å². The summed E-state index contributed by atoms with van der Waals surface area (Å²) in [6.07, 6.45) is 2.28. The number of hydrogen-bond acceptors (Lipinski definition) is 7. The molecular formula is C21H20BrN5O2S. The van der Waals surface area contributed by atoms with Crippen LogP contribution in [0.4, 0.5) is 5.82 Å². The fourth-order valence-corrected chi connectivity index (χ4v) is 4.60. The van der Waals surface area contributed by atoms with E-state index in [4.69, 9.17) is 20.2 Å². The molecule has 154 valence electrons. The van der Waals surface area contributed by atoms with Gasteiger partial charge in [-0.25, -0.2) is 15.0 Å². The summed E-state index contributed by atoms with van der Waals surface area (Å²) in [5.74, 6) is 1.85. The minimum atomic E-state index is 0.362. The van der Waals surface area contributed by atoms with Gasteiger partial charge >= 0.3 is 0 Å². The van der Waals surface area contributed by atoms with E-state index >= 15 is 0 Å². The third-order valence-electron chi connectivity index (χ3n) is 4.61. The standard InChI is InChI=1S/C21H20BrN5O2S/c1-28-15-6-7-16(29-2)17(11-15)30-21-26-18-19(23)24-12-25-20(18)27(21)9-8-13-4-3-5-14(22)10-13/h3-7,10-12H,8-9H2,1-2H3,(H2,23,24,25). The van der Waals surface area contributed by atoms with Crippen molar-refractivity contribution < 1.29 is 9.47 Å². The molecular weight excluding hydrogens is 466 g/mol. The highest BCUT2D eigenvalue weighted by molar-refractivity contribution is 9.10. The zero-order valence-electron chi connectivity index (χ0n) is 16.5. The predicted octanol–water partition coefficient (Wildman–Crippen LogP) is 4.58. The lowest BCUT2D eigenvalue weighted by molar-refractivity contribution is 0.394. The number of nitrogen functional groups attached to an aromatic ring is 1. The molecule has 30 heavy (non-hydrogen) atoms. The smallest absolute Gasteiger partial charge is 0.175 e. The van der Waals surface area contributed by atoms with Crippen molar-refractivity contribution in [2.75, 3.05) is 20.0 Å². The van der Waals surface area contributed by atoms with Crippen LogP contribution in [0.3, 0.4) is 0 Å². The van der Waals surface area contributed by atoms with E-state index in [1.807, 2.05) is 30.3 Å². The SMILES string of the molecule is COc1ccc(OC)c(Sc2nc3c(N)ncnc3n2CCc2cccc(Br)c2)c1. The first kappa shape index (κ1) is 20.5. The van der Waals surface area contributed by atoms with Crippen LogP contribution in [0.5, 0.6) is 11.5 Å². The topological polar surface area (TPSA) is 88.1 Å². The Morgan fingerprint density at radius 1 is 1.10 bits per heavy atom. The van der Waals surface area contributed by atoms with Crippen molar-refractivity contribution in [2.24, 2.45) is 0 Å². The average molecular weight is 486 g/mol. The molecule has 0 bridgehead atoms. The van der Waals surface area contributed by atoms with Gasteiger partial charge in [0, 0.05) is 11.0 Å². The van der Waals surface area contributed by atoms with Crippen LogP contribution in [-0.2, 0) is 13.0 Å². The second-order valence-corrected chi connectivity index (χ2v) is 8.40. The number of nitrogens with zero attached hydrogens (tertiary/aromatic N) is 4. The molecule has 0 saturated heterocycles. The molecule has 0 aliphatic rings. The highest BCUT2D eigenvalue weighted by Crippen LogP contribution is 2.38. The summed E-state index contributed by atoms with van der Waals surface area (Å²) >= 11 is 5.01. The minimum absolute atomic E-state index is 0.362. The Balaban J connectivity index is 1.74. The molecule has 0 radical (unpaired) electrons. The summed E-state index contributed by atoms with van der Waals surface area (Å²) < 4.78 is 14.0. The van der Waals surface area contributed by atoms with Crippen LogP contribution in [-0.4, -0.2) is 33.7 Å². The van der Waals surface area contributed by atoms with E-state index in [-0.39, 0.29) is 0 Å². The molecule has 0 spiro atoms. The zero-order chi connectivity index (χ0) is 21.1. The van der Waals surface area contributed by atoms with Crippen molar-refractivity contribution in [3.05, 3.63) is 58.8 Å². The van der Waals surface area contributed by atoms with E-state index in [0.717, 1.165) is 32.4 Å². The number of aryl methyl sites for hydroxylation is 2. The fraction of sp³-hybridized carbons (Fsp3) is 0.190. The highest BCUT2D eigenvalue weighted by atomic mass is 79.9. The summed E-state index contributed by atoms with van der Waals surface area (Å²) in [6.45, 7) is 0.692. The summed E-state index contributed by atoms with van der Waals surface area (Å²) in [6, 6.07) is 13.9. The van der Waals surface area contributed by atoms with E-state index < -0.39 is 0 Å². The van der Waals surface area contributed by atoms with Crippen molar-refractivity contribution >= 4 is 44.7 Å². The normalized spacial score (nSPS) is 11.0. The second kappa shape index (κ2) is 8.93. The van der Waals surface area contributed by atoms with Crippen molar-refractivity contribution in [3.63, 3.8) is 0 Å². The van der Waals surface area contributed by atoms with Gasteiger partial charge in [-0.05, 0) is 54.1 Å². The molecule has 2 aromatic heterocycles. The summed E-state index contributed by atoms with van der Waals surface area (Å²) in [7, 11) is 3.28. The van der Waals surface area contributed by atoms with Crippen LogP contribution in [0.1, 0.15) is 5.56 Å². The lowest BCUT2D eigenvalue weighted by Gasteiger charge is -2.12. The summed E-state index contributed by atoms with van der Waals surface area (Å²) in [5, 5.41) is 0.763. The monoisotopic (exact) mass is 485 g/mol. The highest BCUT2D eigenvalue weighted by Gasteiger charge is 2.18. The lowest BCUT2D eigenvalue weighted by atomic mass is 10.1. The molecule has 0 unspecified atom stereocenters. The molecule has 0 amide bonds. The summed E-state index contributed by atoms with van der Waals surface area (Å²) in [4.78, 5) is 14.2. The van der Waals surface area contributed by atoms with E-state index in [1.54, 1.807) is 14.2 Å². The number of aromatic nitrogens is 4. The Morgan fingerprint density at radius 3 is 2.73 bits per heavy atom. The molecule has 2 heterocycles. The van der Waals surface area contributed by atoms with Gasteiger partial charge in [0.2, 0.25) is 0 Å². The van der Waals surface area contributed by atoms with Gasteiger partial charge in [-0.1, -0.05) is 28.1 Å². The Hall–Kier alpha value is -2.78. The predicted molar refractivity (Wildman–Crippen MR) is 121 cm³/mol. The van der Waals surface area contributed by atoms with Gasteiger partial charge in [0.25, 0.3) is 0 Å². The number of methoxy groups -OCH3 is 2. The number of halogens is 1. The first-order valence-corrected chi connectivity index (χ1v) is 10.8. The van der Waals surface area contributed by atoms with Crippen molar-refractivity contribution in [1.82, 2.24) is 19.5 Å². The number of nitrogens with two attached hydrogens (primary N) is 1. The molecule has 0 fully saturated rings. The molecule has 7 nitrogen and oxygen atoms in total.